The van der Waals surface area contributed by atoms with E-state index >= 15 is 0 Å². The van der Waals surface area contributed by atoms with Crippen LogP contribution in [0.2, 0.25) is 0 Å². The quantitative estimate of drug-likeness (QED) is 0.218. The number of Topliss-reactive ketones (excluding diaryl/α,β-unsaturated/α-hetero) is 3. The molecule has 0 radical (unpaired) electrons. The van der Waals surface area contributed by atoms with Crippen LogP contribution in [-0.4, -0.2) is 54.1 Å². The van der Waals surface area contributed by atoms with Gasteiger partial charge in [0.25, 0.3) is 0 Å². The van der Waals surface area contributed by atoms with E-state index in [4.69, 9.17) is 4.55 Å². The van der Waals surface area contributed by atoms with Crippen molar-refractivity contribution in [1.29, 1.82) is 0 Å². The van der Waals surface area contributed by atoms with Crippen molar-refractivity contribution in [2.75, 3.05) is 6.61 Å². The van der Waals surface area contributed by atoms with Gasteiger partial charge in [-0.15, -0.1) is 0 Å². The van der Waals surface area contributed by atoms with Gasteiger partial charge in [-0.2, -0.15) is 26.0 Å². The first-order valence-electron chi connectivity index (χ1n) is 14.2. The third kappa shape index (κ3) is 5.27. The topological polar surface area (TPSA) is 132 Å². The van der Waals surface area contributed by atoms with E-state index in [0.29, 0.717) is 38.5 Å². The van der Waals surface area contributed by atoms with Crippen molar-refractivity contribution < 1.29 is 54.4 Å². The van der Waals surface area contributed by atoms with E-state index in [0.717, 1.165) is 0 Å². The summed E-state index contributed by atoms with van der Waals surface area (Å²) in [5.74, 6) is -6.51. The summed E-state index contributed by atoms with van der Waals surface area (Å²) in [6.45, 7) is 4.74. The van der Waals surface area contributed by atoms with Gasteiger partial charge >= 0.3 is 27.3 Å². The molecule has 8 nitrogen and oxygen atoms in total. The number of hydrogen-bond donors (Lipinski definition) is 1. The molecular weight excluding hydrogens is 572 g/mol. The standard InChI is InChI=1S/C28H38F4O8S/c1-15(4-7-23(36)40-11-10-27(29,30)28(31,32)41(37,38)39)18-5-6-19-24-20(14-22(35)26(18,19)3)25(2)9-8-17(33)12-16(25)13-21(24)34/h15-16,18-20,24H,4-14H2,1-3H3,(H,37,38,39)/t15-,16?,18-,19+,20+,24+,25+,26-/m1/s1. The second-order valence-electron chi connectivity index (χ2n) is 13.1. The Kier molecular flexibility index (Phi) is 8.34. The van der Waals surface area contributed by atoms with Gasteiger partial charge in [-0.05, 0) is 60.7 Å². The Bertz CT molecular complexity index is 1220. The van der Waals surface area contributed by atoms with Gasteiger partial charge < -0.3 is 4.74 Å². The summed E-state index contributed by atoms with van der Waals surface area (Å²) in [4.78, 5) is 51.6. The summed E-state index contributed by atoms with van der Waals surface area (Å²) in [6, 6.07) is 0. The van der Waals surface area contributed by atoms with E-state index < -0.39 is 45.7 Å². The summed E-state index contributed by atoms with van der Waals surface area (Å²) < 4.78 is 88.1. The zero-order chi connectivity index (χ0) is 30.8. The first-order chi connectivity index (χ1) is 18.8. The van der Waals surface area contributed by atoms with Gasteiger partial charge in [-0.1, -0.05) is 20.8 Å². The molecule has 0 saturated heterocycles. The molecule has 0 spiro atoms. The molecule has 4 aliphatic rings. The summed E-state index contributed by atoms with van der Waals surface area (Å²) >= 11 is 0. The molecule has 0 aliphatic heterocycles. The van der Waals surface area contributed by atoms with Crippen molar-refractivity contribution in [3.05, 3.63) is 0 Å². The van der Waals surface area contributed by atoms with E-state index in [9.17, 15) is 45.2 Å². The second kappa shape index (κ2) is 10.7. The van der Waals surface area contributed by atoms with Crippen molar-refractivity contribution in [2.45, 2.75) is 96.2 Å². The van der Waals surface area contributed by atoms with Gasteiger partial charge in [0.1, 0.15) is 17.3 Å². The van der Waals surface area contributed by atoms with Gasteiger partial charge in [0, 0.05) is 43.4 Å². The molecule has 0 aromatic carbocycles. The number of carbonyl (C=O) groups excluding carboxylic acids is 4. The fourth-order valence-corrected chi connectivity index (χ4v) is 9.12. The molecule has 232 valence electrons. The zero-order valence-corrected chi connectivity index (χ0v) is 24.3. The average molecular weight is 611 g/mol. The molecule has 1 N–H and O–H groups in total. The van der Waals surface area contributed by atoms with Crippen LogP contribution in [0.5, 0.6) is 0 Å². The van der Waals surface area contributed by atoms with E-state index in [1.165, 1.54) is 0 Å². The van der Waals surface area contributed by atoms with Crippen molar-refractivity contribution >= 4 is 33.4 Å². The highest BCUT2D eigenvalue weighted by Gasteiger charge is 2.67. The number of rotatable bonds is 9. The Morgan fingerprint density at radius 3 is 2.37 bits per heavy atom. The molecule has 0 aromatic rings. The Morgan fingerprint density at radius 2 is 1.73 bits per heavy atom. The number of ether oxygens (including phenoxy) is 1. The molecule has 4 saturated carbocycles. The normalized spacial score (nSPS) is 36.8. The van der Waals surface area contributed by atoms with E-state index in [1.807, 2.05) is 13.8 Å². The maximum Gasteiger partial charge on any atom is 0.431 e. The number of alkyl halides is 4. The van der Waals surface area contributed by atoms with Crippen LogP contribution in [-0.2, 0) is 34.0 Å². The third-order valence-corrected chi connectivity index (χ3v) is 12.1. The van der Waals surface area contributed by atoms with E-state index in [2.05, 4.69) is 11.7 Å². The fraction of sp³-hybridized carbons (Fsp3) is 0.857. The molecule has 4 fully saturated rings. The first kappa shape index (κ1) is 32.0. The average Bonchev–Trinajstić information content (AvgIpc) is 3.22. The molecule has 0 bridgehead atoms. The third-order valence-electron chi connectivity index (χ3n) is 11.1. The van der Waals surface area contributed by atoms with Crippen LogP contribution in [0.15, 0.2) is 0 Å². The molecule has 13 heteroatoms. The first-order valence-corrected chi connectivity index (χ1v) is 15.7. The molecule has 0 amide bonds. The monoisotopic (exact) mass is 610 g/mol. The zero-order valence-electron chi connectivity index (χ0n) is 23.5. The smallest absolute Gasteiger partial charge is 0.431 e. The lowest BCUT2D eigenvalue weighted by molar-refractivity contribution is -0.174. The summed E-state index contributed by atoms with van der Waals surface area (Å²) in [7, 11) is -6.37. The largest absolute Gasteiger partial charge is 0.465 e. The number of halogens is 4. The molecule has 0 heterocycles. The lowest BCUT2D eigenvalue weighted by Gasteiger charge is -2.58. The Hall–Kier alpha value is -1.89. The Labute approximate surface area is 237 Å². The number of carbonyl (C=O) groups is 4. The molecule has 41 heavy (non-hydrogen) atoms. The number of hydrogen-bond acceptors (Lipinski definition) is 7. The second-order valence-corrected chi connectivity index (χ2v) is 14.6. The summed E-state index contributed by atoms with van der Waals surface area (Å²) in [6.07, 6.45) is 1.73. The van der Waals surface area contributed by atoms with Gasteiger partial charge in [-0.25, -0.2) is 0 Å². The lowest BCUT2D eigenvalue weighted by atomic mass is 9.44. The minimum Gasteiger partial charge on any atom is -0.465 e. The van der Waals surface area contributed by atoms with Crippen LogP contribution in [0.4, 0.5) is 17.6 Å². The van der Waals surface area contributed by atoms with Crippen molar-refractivity contribution in [3.8, 4) is 0 Å². The van der Waals surface area contributed by atoms with Crippen LogP contribution >= 0.6 is 0 Å². The van der Waals surface area contributed by atoms with E-state index in [-0.39, 0.29) is 77.5 Å². The maximum absolute atomic E-state index is 13.8. The van der Waals surface area contributed by atoms with E-state index in [1.54, 1.807) is 0 Å². The van der Waals surface area contributed by atoms with Crippen molar-refractivity contribution in [1.82, 2.24) is 0 Å². The molecular formula is C28H38F4O8S. The number of esters is 1. The lowest BCUT2D eigenvalue weighted by Crippen LogP contribution is -2.60. The molecule has 8 atom stereocenters. The highest BCUT2D eigenvalue weighted by Crippen LogP contribution is 2.66. The minimum atomic E-state index is -6.37. The van der Waals surface area contributed by atoms with Crippen LogP contribution in [0, 0.1) is 46.3 Å². The minimum absolute atomic E-state index is 0.0315. The van der Waals surface area contributed by atoms with Crippen LogP contribution < -0.4 is 0 Å². The molecule has 1 unspecified atom stereocenters. The van der Waals surface area contributed by atoms with Crippen molar-refractivity contribution in [3.63, 3.8) is 0 Å². The predicted molar refractivity (Wildman–Crippen MR) is 136 cm³/mol. The SMILES string of the molecule is C[C@H](CCC(=O)OCCC(F)(F)C(F)(F)S(=O)(=O)O)[C@H]1CC[C@H]2[C@@H]3C(=O)CC4CC(=O)CC[C@]4(C)[C@H]3CC(=O)[C@]12C. The van der Waals surface area contributed by atoms with Crippen molar-refractivity contribution in [2.24, 2.45) is 46.3 Å². The molecule has 0 aromatic heterocycles. The van der Waals surface area contributed by atoms with Gasteiger partial charge in [0.15, 0.2) is 0 Å². The predicted octanol–water partition coefficient (Wildman–Crippen LogP) is 5.04. The van der Waals surface area contributed by atoms with Crippen LogP contribution in [0.25, 0.3) is 0 Å². The number of fused-ring (bicyclic) bond motifs is 5. The summed E-state index contributed by atoms with van der Waals surface area (Å²) in [5, 5.41) is -5.73. The van der Waals surface area contributed by atoms with Crippen LogP contribution in [0.3, 0.4) is 0 Å². The van der Waals surface area contributed by atoms with Gasteiger partial charge in [0.05, 0.1) is 13.0 Å². The molecule has 4 rings (SSSR count). The fourth-order valence-electron chi connectivity index (χ4n) is 8.64. The molecule has 4 aliphatic carbocycles. The Balaban J connectivity index is 1.37. The van der Waals surface area contributed by atoms with Gasteiger partial charge in [0.2, 0.25) is 0 Å². The highest BCUT2D eigenvalue weighted by molar-refractivity contribution is 7.87. The maximum atomic E-state index is 13.8. The summed E-state index contributed by atoms with van der Waals surface area (Å²) in [5.41, 5.74) is -1.00. The van der Waals surface area contributed by atoms with Gasteiger partial charge in [-0.3, -0.25) is 23.7 Å². The van der Waals surface area contributed by atoms with Crippen LogP contribution in [0.1, 0.15) is 85.0 Å². The Morgan fingerprint density at radius 1 is 1.07 bits per heavy atom. The number of ketones is 3. The highest BCUT2D eigenvalue weighted by atomic mass is 32.2.